The van der Waals surface area contributed by atoms with E-state index in [1.165, 1.54) is 6.07 Å². The molecule has 0 aliphatic heterocycles. The van der Waals surface area contributed by atoms with Crippen molar-refractivity contribution in [3.63, 3.8) is 0 Å². The maximum Gasteiger partial charge on any atom is 0.349 e. The van der Waals surface area contributed by atoms with Crippen LogP contribution in [-0.4, -0.2) is 16.2 Å². The second kappa shape index (κ2) is 3.58. The van der Waals surface area contributed by atoms with Crippen molar-refractivity contribution in [1.82, 2.24) is 0 Å². The van der Waals surface area contributed by atoms with Crippen LogP contribution in [0.15, 0.2) is 6.07 Å². The largest absolute Gasteiger partial charge is 0.506 e. The number of rotatable bonds is 3. The van der Waals surface area contributed by atoms with E-state index in [-0.39, 0.29) is 10.6 Å². The molecule has 2 N–H and O–H groups in total. The average molecular weight is 186 g/mol. The minimum atomic E-state index is -1.06. The molecule has 0 aliphatic carbocycles. The van der Waals surface area contributed by atoms with E-state index in [4.69, 9.17) is 10.2 Å². The lowest BCUT2D eigenvalue weighted by molar-refractivity contribution is 0.0699. The summed E-state index contributed by atoms with van der Waals surface area (Å²) in [5, 5.41) is 17.8. The lowest BCUT2D eigenvalue weighted by Gasteiger charge is -1.87. The van der Waals surface area contributed by atoms with Crippen molar-refractivity contribution in [3.05, 3.63) is 15.8 Å². The third-order valence-corrected chi connectivity index (χ3v) is 2.63. The summed E-state index contributed by atoms with van der Waals surface area (Å²) < 4.78 is 0. The van der Waals surface area contributed by atoms with Gasteiger partial charge in [-0.05, 0) is 12.5 Å². The SMILES string of the molecule is CCCc1cc(O)c(C(=O)O)s1. The molecule has 3 nitrogen and oxygen atoms in total. The highest BCUT2D eigenvalue weighted by Crippen LogP contribution is 2.28. The zero-order chi connectivity index (χ0) is 9.14. The van der Waals surface area contributed by atoms with Crippen LogP contribution in [0.25, 0.3) is 0 Å². The van der Waals surface area contributed by atoms with Gasteiger partial charge < -0.3 is 10.2 Å². The smallest absolute Gasteiger partial charge is 0.349 e. The molecule has 0 unspecified atom stereocenters. The minimum Gasteiger partial charge on any atom is -0.506 e. The predicted octanol–water partition coefficient (Wildman–Crippen LogP) is 2.10. The van der Waals surface area contributed by atoms with Crippen LogP contribution in [0.1, 0.15) is 27.9 Å². The Labute approximate surface area is 74.3 Å². The summed E-state index contributed by atoms with van der Waals surface area (Å²) in [6.07, 6.45) is 1.78. The van der Waals surface area contributed by atoms with Gasteiger partial charge in [0, 0.05) is 4.88 Å². The third-order valence-electron chi connectivity index (χ3n) is 1.45. The molecule has 1 aromatic heterocycles. The highest BCUT2D eigenvalue weighted by Gasteiger charge is 2.13. The molecule has 0 aromatic carbocycles. The highest BCUT2D eigenvalue weighted by atomic mass is 32.1. The first kappa shape index (κ1) is 9.06. The number of aromatic carboxylic acids is 1. The molecule has 0 saturated carbocycles. The molecule has 12 heavy (non-hydrogen) atoms. The molecule has 0 radical (unpaired) electrons. The van der Waals surface area contributed by atoms with Crippen molar-refractivity contribution in [3.8, 4) is 5.75 Å². The summed E-state index contributed by atoms with van der Waals surface area (Å²) in [6.45, 7) is 2.01. The summed E-state index contributed by atoms with van der Waals surface area (Å²) in [5.41, 5.74) is 0. The zero-order valence-corrected chi connectivity index (χ0v) is 7.52. The van der Waals surface area contributed by atoms with Gasteiger partial charge in [-0.3, -0.25) is 0 Å². The Morgan fingerprint density at radius 2 is 2.33 bits per heavy atom. The van der Waals surface area contributed by atoms with E-state index in [1.54, 1.807) is 0 Å². The molecule has 1 heterocycles. The van der Waals surface area contributed by atoms with Crippen LogP contribution < -0.4 is 0 Å². The fourth-order valence-electron chi connectivity index (χ4n) is 0.954. The van der Waals surface area contributed by atoms with Crippen LogP contribution in [0.2, 0.25) is 0 Å². The van der Waals surface area contributed by atoms with Crippen molar-refractivity contribution in [2.24, 2.45) is 0 Å². The van der Waals surface area contributed by atoms with Crippen molar-refractivity contribution in [2.75, 3.05) is 0 Å². The number of carboxylic acids is 1. The van der Waals surface area contributed by atoms with Crippen molar-refractivity contribution < 1.29 is 15.0 Å². The first-order valence-electron chi connectivity index (χ1n) is 3.70. The number of carbonyl (C=O) groups is 1. The molecular formula is C8H10O3S. The van der Waals surface area contributed by atoms with Gasteiger partial charge in [-0.1, -0.05) is 13.3 Å². The topological polar surface area (TPSA) is 57.5 Å². The Kier molecular flexibility index (Phi) is 2.70. The van der Waals surface area contributed by atoms with Gasteiger partial charge in [0.15, 0.2) is 4.88 Å². The van der Waals surface area contributed by atoms with E-state index >= 15 is 0 Å². The molecule has 0 spiro atoms. The van der Waals surface area contributed by atoms with Gasteiger partial charge in [0.05, 0.1) is 0 Å². The maximum absolute atomic E-state index is 10.5. The first-order chi connectivity index (χ1) is 5.65. The maximum atomic E-state index is 10.5. The van der Waals surface area contributed by atoms with Gasteiger partial charge in [0.1, 0.15) is 5.75 Å². The summed E-state index contributed by atoms with van der Waals surface area (Å²) >= 11 is 1.14. The van der Waals surface area contributed by atoms with E-state index in [9.17, 15) is 4.79 Å². The normalized spacial score (nSPS) is 10.1. The van der Waals surface area contributed by atoms with Crippen molar-refractivity contribution in [1.29, 1.82) is 0 Å². The second-order valence-corrected chi connectivity index (χ2v) is 3.62. The summed E-state index contributed by atoms with van der Waals surface area (Å²) in [7, 11) is 0. The molecule has 4 heteroatoms. The fraction of sp³-hybridized carbons (Fsp3) is 0.375. The summed E-state index contributed by atoms with van der Waals surface area (Å²) in [4.78, 5) is 11.5. The van der Waals surface area contributed by atoms with Crippen LogP contribution in [-0.2, 0) is 6.42 Å². The van der Waals surface area contributed by atoms with Gasteiger partial charge in [-0.15, -0.1) is 11.3 Å². The molecule has 0 atom stereocenters. The van der Waals surface area contributed by atoms with Crippen LogP contribution in [0.4, 0.5) is 0 Å². The van der Waals surface area contributed by atoms with E-state index < -0.39 is 5.97 Å². The van der Waals surface area contributed by atoms with Gasteiger partial charge in [-0.2, -0.15) is 0 Å². The fourth-order valence-corrected chi connectivity index (χ4v) is 1.94. The number of aryl methyl sites for hydroxylation is 1. The summed E-state index contributed by atoms with van der Waals surface area (Å²) in [6, 6.07) is 1.53. The van der Waals surface area contributed by atoms with Gasteiger partial charge in [0.2, 0.25) is 0 Å². The van der Waals surface area contributed by atoms with Crippen molar-refractivity contribution >= 4 is 17.3 Å². The minimum absolute atomic E-state index is 0.0402. The molecule has 0 bridgehead atoms. The number of carboxylic acid groups (broad SMARTS) is 1. The van der Waals surface area contributed by atoms with Crippen LogP contribution in [0, 0.1) is 0 Å². The van der Waals surface area contributed by atoms with E-state index in [0.717, 1.165) is 29.1 Å². The summed E-state index contributed by atoms with van der Waals surface area (Å²) in [5.74, 6) is -1.17. The van der Waals surface area contributed by atoms with E-state index in [2.05, 4.69) is 0 Å². The molecule has 1 rings (SSSR count). The molecular weight excluding hydrogens is 176 g/mol. The molecule has 0 fully saturated rings. The highest BCUT2D eigenvalue weighted by molar-refractivity contribution is 7.14. The van der Waals surface area contributed by atoms with Crippen LogP contribution in [0.3, 0.4) is 0 Å². The quantitative estimate of drug-likeness (QED) is 0.760. The van der Waals surface area contributed by atoms with E-state index in [1.807, 2.05) is 6.92 Å². The van der Waals surface area contributed by atoms with Gasteiger partial charge >= 0.3 is 5.97 Å². The predicted molar refractivity (Wildman–Crippen MR) is 46.9 cm³/mol. The molecule has 0 aliphatic rings. The van der Waals surface area contributed by atoms with Gasteiger partial charge in [0.25, 0.3) is 0 Å². The number of hydrogen-bond acceptors (Lipinski definition) is 3. The molecule has 0 amide bonds. The monoisotopic (exact) mass is 186 g/mol. The van der Waals surface area contributed by atoms with Crippen LogP contribution >= 0.6 is 11.3 Å². The number of aromatic hydroxyl groups is 1. The van der Waals surface area contributed by atoms with Crippen LogP contribution in [0.5, 0.6) is 5.75 Å². The molecule has 1 aromatic rings. The Morgan fingerprint density at radius 3 is 2.75 bits per heavy atom. The first-order valence-corrected chi connectivity index (χ1v) is 4.51. The Bertz CT molecular complexity index is 290. The Hall–Kier alpha value is -1.03. The second-order valence-electron chi connectivity index (χ2n) is 2.48. The lowest BCUT2D eigenvalue weighted by Crippen LogP contribution is -1.90. The molecule has 0 saturated heterocycles. The number of thiophene rings is 1. The number of hydrogen-bond donors (Lipinski definition) is 2. The lowest BCUT2D eigenvalue weighted by atomic mass is 10.3. The molecule has 66 valence electrons. The zero-order valence-electron chi connectivity index (χ0n) is 6.70. The van der Waals surface area contributed by atoms with Crippen molar-refractivity contribution in [2.45, 2.75) is 19.8 Å². The average Bonchev–Trinajstić information content (AvgIpc) is 2.32. The third kappa shape index (κ3) is 1.76. The Balaban J connectivity index is 2.92. The Morgan fingerprint density at radius 1 is 1.67 bits per heavy atom. The standard InChI is InChI=1S/C8H10O3S/c1-2-3-5-4-6(9)7(12-5)8(10)11/h4,9H,2-3H2,1H3,(H,10,11). The van der Waals surface area contributed by atoms with E-state index in [0.29, 0.717) is 0 Å². The van der Waals surface area contributed by atoms with Gasteiger partial charge in [-0.25, -0.2) is 4.79 Å².